The molecule has 0 aliphatic carbocycles. The SMILES string of the molecule is CC(=O)N1c2ccc(-c3csc(N=C(N)N)n3)cc2CC1C. The average molecular weight is 315 g/mol. The Morgan fingerprint density at radius 2 is 2.23 bits per heavy atom. The van der Waals surface area contributed by atoms with Gasteiger partial charge in [-0.25, -0.2) is 4.98 Å². The standard InChI is InChI=1S/C15H17N5OS/c1-8-5-11-6-10(3-4-13(11)20(8)9(2)21)12-7-22-15(18-12)19-14(16)17/h3-4,6-8H,5H2,1-2H3,(H4,16,17,18,19). The number of hydrogen-bond acceptors (Lipinski definition) is 4. The Hall–Kier alpha value is -2.41. The van der Waals surface area contributed by atoms with Crippen LogP contribution in [0.15, 0.2) is 28.6 Å². The molecule has 6 nitrogen and oxygen atoms in total. The zero-order valence-corrected chi connectivity index (χ0v) is 13.2. The summed E-state index contributed by atoms with van der Waals surface area (Å²) in [5.41, 5.74) is 14.7. The van der Waals surface area contributed by atoms with Crippen molar-refractivity contribution in [2.24, 2.45) is 16.5 Å². The van der Waals surface area contributed by atoms with Crippen LogP contribution in [0.5, 0.6) is 0 Å². The molecule has 1 aromatic carbocycles. The minimum absolute atomic E-state index is 0.000720. The predicted molar refractivity (Wildman–Crippen MR) is 89.3 cm³/mol. The van der Waals surface area contributed by atoms with Gasteiger partial charge in [0.1, 0.15) is 0 Å². The molecule has 1 atom stereocenters. The lowest BCUT2D eigenvalue weighted by atomic mass is 10.1. The molecule has 1 aromatic heterocycles. The second kappa shape index (κ2) is 5.42. The molecule has 1 aliphatic rings. The number of amides is 1. The van der Waals surface area contributed by atoms with E-state index in [1.807, 2.05) is 22.4 Å². The number of thiazole rings is 1. The number of benzene rings is 1. The molecule has 0 radical (unpaired) electrons. The maximum atomic E-state index is 11.8. The summed E-state index contributed by atoms with van der Waals surface area (Å²) in [4.78, 5) is 22.0. The number of aliphatic imine (C=N–C) groups is 1. The number of carbonyl (C=O) groups excluding carboxylic acids is 1. The van der Waals surface area contributed by atoms with E-state index < -0.39 is 0 Å². The van der Waals surface area contributed by atoms with Crippen LogP contribution in [0.4, 0.5) is 10.8 Å². The second-order valence-corrected chi connectivity index (χ2v) is 6.17. The van der Waals surface area contributed by atoms with Crippen LogP contribution in [0.3, 0.4) is 0 Å². The molecule has 0 bridgehead atoms. The lowest BCUT2D eigenvalue weighted by Gasteiger charge is -2.20. The second-order valence-electron chi connectivity index (χ2n) is 5.34. The summed E-state index contributed by atoms with van der Waals surface area (Å²) in [6.07, 6.45) is 0.855. The van der Waals surface area contributed by atoms with Gasteiger partial charge in [-0.05, 0) is 31.0 Å². The van der Waals surface area contributed by atoms with Gasteiger partial charge in [0.2, 0.25) is 11.0 Å². The molecule has 1 unspecified atom stereocenters. The molecule has 0 saturated heterocycles. The third-order valence-corrected chi connectivity index (χ3v) is 4.38. The Morgan fingerprint density at radius 1 is 1.45 bits per heavy atom. The Morgan fingerprint density at radius 3 is 2.91 bits per heavy atom. The van der Waals surface area contributed by atoms with Crippen molar-refractivity contribution in [2.45, 2.75) is 26.3 Å². The van der Waals surface area contributed by atoms with Crippen LogP contribution in [0.1, 0.15) is 19.4 Å². The van der Waals surface area contributed by atoms with E-state index in [4.69, 9.17) is 11.5 Å². The smallest absolute Gasteiger partial charge is 0.224 e. The Bertz CT molecular complexity index is 763. The molecular formula is C15H17N5OS. The molecule has 0 fully saturated rings. The maximum absolute atomic E-state index is 11.8. The molecule has 2 aromatic rings. The van der Waals surface area contributed by atoms with Crippen molar-refractivity contribution in [1.82, 2.24) is 4.98 Å². The lowest BCUT2D eigenvalue weighted by Crippen LogP contribution is -2.33. The Kier molecular flexibility index (Phi) is 3.58. The number of guanidine groups is 1. The van der Waals surface area contributed by atoms with Gasteiger partial charge in [-0.1, -0.05) is 6.07 Å². The van der Waals surface area contributed by atoms with Crippen LogP contribution < -0.4 is 16.4 Å². The van der Waals surface area contributed by atoms with Crippen LogP contribution in [0.25, 0.3) is 11.3 Å². The molecular weight excluding hydrogens is 298 g/mol. The van der Waals surface area contributed by atoms with E-state index in [-0.39, 0.29) is 17.9 Å². The fourth-order valence-corrected chi connectivity index (χ4v) is 3.54. The van der Waals surface area contributed by atoms with Gasteiger partial charge in [-0.3, -0.25) is 4.79 Å². The highest BCUT2D eigenvalue weighted by Gasteiger charge is 2.29. The lowest BCUT2D eigenvalue weighted by molar-refractivity contribution is -0.116. The van der Waals surface area contributed by atoms with E-state index in [0.29, 0.717) is 5.13 Å². The highest BCUT2D eigenvalue weighted by Crippen LogP contribution is 2.36. The number of carbonyl (C=O) groups is 1. The van der Waals surface area contributed by atoms with Gasteiger partial charge < -0.3 is 16.4 Å². The van der Waals surface area contributed by atoms with Crippen LogP contribution in [0.2, 0.25) is 0 Å². The summed E-state index contributed by atoms with van der Waals surface area (Å²) in [7, 11) is 0. The summed E-state index contributed by atoms with van der Waals surface area (Å²) in [6, 6.07) is 6.23. The average Bonchev–Trinajstić information content (AvgIpc) is 3.00. The summed E-state index contributed by atoms with van der Waals surface area (Å²) in [5.74, 6) is 0.0727. The number of anilines is 1. The fourth-order valence-electron chi connectivity index (χ4n) is 2.83. The molecule has 4 N–H and O–H groups in total. The first-order chi connectivity index (χ1) is 10.5. The Balaban J connectivity index is 1.95. The van der Waals surface area contributed by atoms with E-state index in [2.05, 4.69) is 23.0 Å². The van der Waals surface area contributed by atoms with Crippen LogP contribution in [0, 0.1) is 0 Å². The van der Waals surface area contributed by atoms with Crippen LogP contribution in [-0.2, 0) is 11.2 Å². The molecule has 22 heavy (non-hydrogen) atoms. The fraction of sp³-hybridized carbons (Fsp3) is 0.267. The maximum Gasteiger partial charge on any atom is 0.224 e. The minimum atomic E-state index is 0.000720. The van der Waals surface area contributed by atoms with Crippen molar-refractivity contribution >= 4 is 34.0 Å². The molecule has 1 amide bonds. The van der Waals surface area contributed by atoms with Crippen molar-refractivity contribution in [3.8, 4) is 11.3 Å². The van der Waals surface area contributed by atoms with E-state index in [1.54, 1.807) is 6.92 Å². The van der Waals surface area contributed by atoms with Gasteiger partial charge >= 0.3 is 0 Å². The number of hydrogen-bond donors (Lipinski definition) is 2. The van der Waals surface area contributed by atoms with E-state index in [0.717, 1.165) is 28.9 Å². The van der Waals surface area contributed by atoms with Gasteiger partial charge in [0.25, 0.3) is 0 Å². The van der Waals surface area contributed by atoms with Gasteiger partial charge in [0, 0.05) is 29.6 Å². The molecule has 114 valence electrons. The number of nitrogens with two attached hydrogens (primary N) is 2. The molecule has 2 heterocycles. The summed E-state index contributed by atoms with van der Waals surface area (Å²) < 4.78 is 0. The van der Waals surface area contributed by atoms with Crippen molar-refractivity contribution in [3.05, 3.63) is 29.1 Å². The monoisotopic (exact) mass is 315 g/mol. The molecule has 0 spiro atoms. The summed E-state index contributed by atoms with van der Waals surface area (Å²) in [6.45, 7) is 3.65. The number of fused-ring (bicyclic) bond motifs is 1. The zero-order chi connectivity index (χ0) is 15.9. The van der Waals surface area contributed by atoms with Crippen LogP contribution in [-0.4, -0.2) is 22.9 Å². The minimum Gasteiger partial charge on any atom is -0.370 e. The molecule has 7 heteroatoms. The van der Waals surface area contributed by atoms with Crippen molar-refractivity contribution in [3.63, 3.8) is 0 Å². The van der Waals surface area contributed by atoms with Crippen LogP contribution >= 0.6 is 11.3 Å². The normalized spacial score (nSPS) is 16.5. The number of nitrogens with zero attached hydrogens (tertiary/aromatic N) is 3. The topological polar surface area (TPSA) is 97.6 Å². The van der Waals surface area contributed by atoms with Gasteiger partial charge in [0.05, 0.1) is 5.69 Å². The highest BCUT2D eigenvalue weighted by molar-refractivity contribution is 7.13. The summed E-state index contributed by atoms with van der Waals surface area (Å²) in [5, 5.41) is 2.46. The number of aromatic nitrogens is 1. The first kappa shape index (κ1) is 14.5. The van der Waals surface area contributed by atoms with E-state index in [9.17, 15) is 4.79 Å². The van der Waals surface area contributed by atoms with Crippen molar-refractivity contribution in [1.29, 1.82) is 0 Å². The summed E-state index contributed by atoms with van der Waals surface area (Å²) >= 11 is 1.39. The predicted octanol–water partition coefficient (Wildman–Crippen LogP) is 2.01. The molecule has 3 rings (SSSR count). The zero-order valence-electron chi connectivity index (χ0n) is 12.4. The van der Waals surface area contributed by atoms with Crippen molar-refractivity contribution in [2.75, 3.05) is 4.90 Å². The largest absolute Gasteiger partial charge is 0.370 e. The van der Waals surface area contributed by atoms with E-state index in [1.165, 1.54) is 11.3 Å². The number of rotatable bonds is 2. The molecule has 1 aliphatic heterocycles. The third kappa shape index (κ3) is 2.55. The first-order valence-corrected chi connectivity index (χ1v) is 7.82. The quantitative estimate of drug-likeness (QED) is 0.654. The highest BCUT2D eigenvalue weighted by atomic mass is 32.1. The van der Waals surface area contributed by atoms with Gasteiger partial charge in [-0.2, -0.15) is 4.99 Å². The Labute approximate surface area is 132 Å². The van der Waals surface area contributed by atoms with E-state index >= 15 is 0 Å². The molecule has 0 saturated carbocycles. The van der Waals surface area contributed by atoms with Gasteiger partial charge in [-0.15, -0.1) is 11.3 Å². The van der Waals surface area contributed by atoms with Gasteiger partial charge in [0.15, 0.2) is 5.96 Å². The third-order valence-electron chi connectivity index (χ3n) is 3.65. The van der Waals surface area contributed by atoms with Crippen molar-refractivity contribution < 1.29 is 4.79 Å². The first-order valence-electron chi connectivity index (χ1n) is 6.94.